The van der Waals surface area contributed by atoms with Crippen molar-refractivity contribution >= 4 is 50.5 Å². The number of hydrogen-bond donors (Lipinski definition) is 1. The predicted molar refractivity (Wildman–Crippen MR) is 107 cm³/mol. The van der Waals surface area contributed by atoms with E-state index in [2.05, 4.69) is 10.3 Å². The molecule has 0 saturated heterocycles. The van der Waals surface area contributed by atoms with Crippen molar-refractivity contribution < 1.29 is 9.21 Å². The van der Waals surface area contributed by atoms with Gasteiger partial charge in [-0.25, -0.2) is 0 Å². The first kappa shape index (κ1) is 16.3. The number of anilines is 1. The molecule has 25 heavy (non-hydrogen) atoms. The molecule has 0 saturated carbocycles. The predicted octanol–water partition coefficient (Wildman–Crippen LogP) is 5.02. The van der Waals surface area contributed by atoms with E-state index in [0.717, 1.165) is 38.9 Å². The van der Waals surface area contributed by atoms with Crippen LogP contribution in [0.25, 0.3) is 11.0 Å². The summed E-state index contributed by atoms with van der Waals surface area (Å²) in [5, 5.41) is 3.89. The minimum atomic E-state index is -0.223. The molecule has 0 bridgehead atoms. The number of rotatable bonds is 4. The molecule has 1 aliphatic rings. The monoisotopic (exact) mass is 368 g/mol. The first-order chi connectivity index (χ1) is 12.3. The molecule has 2 heterocycles. The van der Waals surface area contributed by atoms with Gasteiger partial charge in [-0.2, -0.15) is 0 Å². The van der Waals surface area contributed by atoms with Crippen LogP contribution in [-0.4, -0.2) is 22.6 Å². The molecule has 4 nitrogen and oxygen atoms in total. The highest BCUT2D eigenvalue weighted by Crippen LogP contribution is 2.32. The lowest BCUT2D eigenvalue weighted by Crippen LogP contribution is -2.12. The summed E-state index contributed by atoms with van der Waals surface area (Å²) in [6.07, 6.45) is 0. The Morgan fingerprint density at radius 1 is 1.16 bits per heavy atom. The van der Waals surface area contributed by atoms with E-state index in [9.17, 15) is 4.79 Å². The summed E-state index contributed by atoms with van der Waals surface area (Å²) < 4.78 is 6.96. The Labute approximate surface area is 154 Å². The number of benzene rings is 2. The van der Waals surface area contributed by atoms with Crippen molar-refractivity contribution in [2.75, 3.05) is 17.6 Å². The highest BCUT2D eigenvalue weighted by atomic mass is 32.2. The Bertz CT molecular complexity index is 935. The van der Waals surface area contributed by atoms with Crippen molar-refractivity contribution in [3.8, 4) is 0 Å². The third-order valence-corrected chi connectivity index (χ3v) is 6.11. The minimum Gasteiger partial charge on any atom is -0.451 e. The average molecular weight is 368 g/mol. The molecule has 1 aromatic heterocycles. The second kappa shape index (κ2) is 7.37. The largest absolute Gasteiger partial charge is 0.451 e. The maximum atomic E-state index is 12.8. The fourth-order valence-corrected chi connectivity index (χ4v) is 4.71. The molecule has 0 unspecified atom stereocenters. The van der Waals surface area contributed by atoms with Crippen molar-refractivity contribution in [2.45, 2.75) is 5.75 Å². The topological polar surface area (TPSA) is 54.6 Å². The quantitative estimate of drug-likeness (QED) is 0.702. The van der Waals surface area contributed by atoms with E-state index in [1.807, 2.05) is 54.6 Å². The van der Waals surface area contributed by atoms with E-state index in [1.54, 1.807) is 23.5 Å². The maximum Gasteiger partial charge on any atom is 0.291 e. The number of amides is 1. The summed E-state index contributed by atoms with van der Waals surface area (Å²) in [7, 11) is 0. The number of nitrogens with one attached hydrogen (secondary N) is 1. The van der Waals surface area contributed by atoms with Crippen LogP contribution in [0.5, 0.6) is 0 Å². The molecular weight excluding hydrogens is 352 g/mol. The zero-order valence-corrected chi connectivity index (χ0v) is 15.0. The van der Waals surface area contributed by atoms with Gasteiger partial charge in [0.1, 0.15) is 9.96 Å². The second-order valence-corrected chi connectivity index (χ2v) is 7.82. The number of fused-ring (bicyclic) bond motifs is 1. The standard InChI is InChI=1S/C19H16N2O2S2/c22-18(21-13-6-2-1-3-7-13)17-15(12-25-19-20-10-11-24-19)14-8-4-5-9-16(14)23-17/h1-9H,10-12H2,(H,21,22). The maximum absolute atomic E-state index is 12.8. The van der Waals surface area contributed by atoms with Crippen molar-refractivity contribution in [3.05, 3.63) is 65.9 Å². The fraction of sp³-hybridized carbons (Fsp3) is 0.158. The Morgan fingerprint density at radius 3 is 2.76 bits per heavy atom. The number of para-hydroxylation sites is 2. The molecule has 3 aromatic rings. The summed E-state index contributed by atoms with van der Waals surface area (Å²) in [6, 6.07) is 17.2. The van der Waals surface area contributed by atoms with Gasteiger partial charge in [0.15, 0.2) is 5.76 Å². The van der Waals surface area contributed by atoms with Gasteiger partial charge in [0.2, 0.25) is 0 Å². The second-order valence-electron chi connectivity index (χ2n) is 5.51. The molecule has 1 amide bonds. The van der Waals surface area contributed by atoms with Crippen LogP contribution in [0.15, 0.2) is 64.0 Å². The smallest absolute Gasteiger partial charge is 0.291 e. The highest BCUT2D eigenvalue weighted by molar-refractivity contribution is 8.38. The van der Waals surface area contributed by atoms with E-state index in [-0.39, 0.29) is 5.91 Å². The highest BCUT2D eigenvalue weighted by Gasteiger charge is 2.21. The normalized spacial score (nSPS) is 13.8. The third kappa shape index (κ3) is 3.60. The van der Waals surface area contributed by atoms with E-state index in [1.165, 1.54) is 0 Å². The number of carbonyl (C=O) groups is 1. The van der Waals surface area contributed by atoms with Crippen molar-refractivity contribution in [2.24, 2.45) is 4.99 Å². The Balaban J connectivity index is 1.64. The third-order valence-electron chi connectivity index (χ3n) is 3.83. The van der Waals surface area contributed by atoms with Gasteiger partial charge in [-0.3, -0.25) is 9.79 Å². The van der Waals surface area contributed by atoms with Gasteiger partial charge in [-0.05, 0) is 18.2 Å². The number of furan rings is 1. The molecule has 0 atom stereocenters. The molecule has 0 fully saturated rings. The van der Waals surface area contributed by atoms with Crippen LogP contribution in [0.1, 0.15) is 16.1 Å². The first-order valence-corrected chi connectivity index (χ1v) is 9.95. The summed E-state index contributed by atoms with van der Waals surface area (Å²) in [4.78, 5) is 17.2. The van der Waals surface area contributed by atoms with Crippen LogP contribution < -0.4 is 5.32 Å². The zero-order chi connectivity index (χ0) is 17.1. The number of hydrogen-bond acceptors (Lipinski definition) is 5. The van der Waals surface area contributed by atoms with Crippen molar-refractivity contribution in [1.29, 1.82) is 0 Å². The Hall–Kier alpha value is -2.18. The van der Waals surface area contributed by atoms with E-state index in [0.29, 0.717) is 11.5 Å². The van der Waals surface area contributed by atoms with Gasteiger partial charge < -0.3 is 9.73 Å². The van der Waals surface area contributed by atoms with Gasteiger partial charge in [0.05, 0.1) is 6.54 Å². The van der Waals surface area contributed by atoms with E-state index < -0.39 is 0 Å². The summed E-state index contributed by atoms with van der Waals surface area (Å²) in [6.45, 7) is 0.875. The van der Waals surface area contributed by atoms with Gasteiger partial charge >= 0.3 is 0 Å². The molecule has 4 rings (SSSR count). The molecule has 2 aromatic carbocycles. The molecule has 0 radical (unpaired) electrons. The Morgan fingerprint density at radius 2 is 1.96 bits per heavy atom. The lowest BCUT2D eigenvalue weighted by atomic mass is 10.1. The lowest BCUT2D eigenvalue weighted by molar-refractivity contribution is 0.0998. The molecule has 1 N–H and O–H groups in total. The molecular formula is C19H16N2O2S2. The summed E-state index contributed by atoms with van der Waals surface area (Å²) in [5.41, 5.74) is 2.41. The van der Waals surface area contributed by atoms with Gasteiger partial charge in [-0.1, -0.05) is 59.9 Å². The molecule has 1 aliphatic heterocycles. The van der Waals surface area contributed by atoms with E-state index in [4.69, 9.17) is 4.42 Å². The molecule has 126 valence electrons. The molecule has 6 heteroatoms. The molecule has 0 spiro atoms. The number of thioether (sulfide) groups is 2. The lowest BCUT2D eigenvalue weighted by Gasteiger charge is -2.05. The van der Waals surface area contributed by atoms with E-state index >= 15 is 0 Å². The van der Waals surface area contributed by atoms with Crippen molar-refractivity contribution in [3.63, 3.8) is 0 Å². The number of nitrogens with zero attached hydrogens (tertiary/aromatic N) is 1. The van der Waals surface area contributed by atoms with Crippen LogP contribution in [0.3, 0.4) is 0 Å². The fourth-order valence-electron chi connectivity index (χ4n) is 2.67. The number of aliphatic imine (C=N–C) groups is 1. The SMILES string of the molecule is O=C(Nc1ccccc1)c1oc2ccccc2c1CSC1=NCCS1. The zero-order valence-electron chi connectivity index (χ0n) is 13.4. The summed E-state index contributed by atoms with van der Waals surface area (Å²) in [5.74, 6) is 1.86. The average Bonchev–Trinajstić information content (AvgIpc) is 3.28. The summed E-state index contributed by atoms with van der Waals surface area (Å²) >= 11 is 3.44. The van der Waals surface area contributed by atoms with Crippen LogP contribution in [0.4, 0.5) is 5.69 Å². The number of carbonyl (C=O) groups excluding carboxylic acids is 1. The van der Waals surface area contributed by atoms with Gasteiger partial charge in [0, 0.05) is 28.1 Å². The van der Waals surface area contributed by atoms with Crippen molar-refractivity contribution in [1.82, 2.24) is 0 Å². The Kier molecular flexibility index (Phi) is 4.81. The van der Waals surface area contributed by atoms with Gasteiger partial charge in [0.25, 0.3) is 5.91 Å². The minimum absolute atomic E-state index is 0.223. The first-order valence-electron chi connectivity index (χ1n) is 7.98. The van der Waals surface area contributed by atoms with Crippen LogP contribution >= 0.6 is 23.5 Å². The van der Waals surface area contributed by atoms with Crippen LogP contribution in [0.2, 0.25) is 0 Å². The van der Waals surface area contributed by atoms with Crippen LogP contribution in [-0.2, 0) is 5.75 Å². The van der Waals surface area contributed by atoms with Gasteiger partial charge in [-0.15, -0.1) is 0 Å². The van der Waals surface area contributed by atoms with Crippen LogP contribution in [0, 0.1) is 0 Å². The molecule has 0 aliphatic carbocycles.